The van der Waals surface area contributed by atoms with E-state index >= 15 is 0 Å². The van der Waals surface area contributed by atoms with Gasteiger partial charge in [-0.3, -0.25) is 0 Å². The smallest absolute Gasteiger partial charge is 0.319 e. The Hall–Kier alpha value is -2.79. The molecule has 0 fully saturated rings. The fourth-order valence-electron chi connectivity index (χ4n) is 2.08. The molecule has 0 aliphatic carbocycles. The molecule has 1 aromatic heterocycles. The summed E-state index contributed by atoms with van der Waals surface area (Å²) in [5, 5.41) is 10.9. The Morgan fingerprint density at radius 2 is 1.52 bits per heavy atom. The highest BCUT2D eigenvalue weighted by Crippen LogP contribution is 2.18. The molecule has 3 rings (SSSR count). The third-order valence-corrected chi connectivity index (χ3v) is 4.08. The number of thiophene rings is 1. The lowest BCUT2D eigenvalue weighted by Gasteiger charge is -2.09. The van der Waals surface area contributed by atoms with Gasteiger partial charge in [0, 0.05) is 21.9 Å². The zero-order valence-electron chi connectivity index (χ0n) is 12.5. The van der Waals surface area contributed by atoms with Crippen LogP contribution in [-0.2, 0) is 6.54 Å². The van der Waals surface area contributed by atoms with Crippen LogP contribution >= 0.6 is 11.3 Å². The molecule has 0 radical (unpaired) electrons. The van der Waals surface area contributed by atoms with Crippen molar-refractivity contribution in [1.29, 1.82) is 0 Å². The number of para-hydroxylation sites is 1. The third-order valence-electron chi connectivity index (χ3n) is 3.21. The highest BCUT2D eigenvalue weighted by molar-refractivity contribution is 7.09. The fraction of sp³-hybridized carbons (Fsp3) is 0.0556. The highest BCUT2D eigenvalue weighted by atomic mass is 32.1. The van der Waals surface area contributed by atoms with E-state index in [1.165, 1.54) is 0 Å². The van der Waals surface area contributed by atoms with Gasteiger partial charge in [-0.2, -0.15) is 0 Å². The molecule has 0 saturated heterocycles. The van der Waals surface area contributed by atoms with Crippen molar-refractivity contribution >= 4 is 34.4 Å². The van der Waals surface area contributed by atoms with Crippen molar-refractivity contribution in [3.8, 4) is 0 Å². The maximum atomic E-state index is 11.9. The lowest BCUT2D eigenvalue weighted by Crippen LogP contribution is -2.27. The number of hydrogen-bond donors (Lipinski definition) is 3. The van der Waals surface area contributed by atoms with E-state index < -0.39 is 0 Å². The van der Waals surface area contributed by atoms with Crippen molar-refractivity contribution in [3.63, 3.8) is 0 Å². The van der Waals surface area contributed by atoms with Gasteiger partial charge in [-0.25, -0.2) is 4.79 Å². The first-order chi connectivity index (χ1) is 11.3. The van der Waals surface area contributed by atoms with Crippen LogP contribution in [0.2, 0.25) is 0 Å². The normalized spacial score (nSPS) is 10.1. The van der Waals surface area contributed by atoms with Crippen LogP contribution in [0.5, 0.6) is 0 Å². The van der Waals surface area contributed by atoms with Crippen LogP contribution in [-0.4, -0.2) is 6.03 Å². The van der Waals surface area contributed by atoms with Crippen molar-refractivity contribution in [1.82, 2.24) is 5.32 Å². The quantitative estimate of drug-likeness (QED) is 0.631. The summed E-state index contributed by atoms with van der Waals surface area (Å²) in [6.45, 7) is 0.539. The van der Waals surface area contributed by atoms with Crippen LogP contribution in [0.4, 0.5) is 21.9 Å². The average Bonchev–Trinajstić information content (AvgIpc) is 3.09. The van der Waals surface area contributed by atoms with Crippen LogP contribution in [0, 0.1) is 0 Å². The molecular weight excluding hydrogens is 306 g/mol. The second-order valence-corrected chi connectivity index (χ2v) is 5.99. The maximum absolute atomic E-state index is 11.9. The molecule has 2 aromatic carbocycles. The second kappa shape index (κ2) is 7.47. The van der Waals surface area contributed by atoms with Gasteiger partial charge in [0.05, 0.1) is 6.54 Å². The second-order valence-electron chi connectivity index (χ2n) is 4.96. The molecule has 0 saturated carbocycles. The van der Waals surface area contributed by atoms with Gasteiger partial charge in [0.25, 0.3) is 0 Å². The van der Waals surface area contributed by atoms with E-state index in [0.717, 1.165) is 21.9 Å². The van der Waals surface area contributed by atoms with Crippen molar-refractivity contribution in [2.45, 2.75) is 6.54 Å². The minimum atomic E-state index is -0.206. The molecule has 23 heavy (non-hydrogen) atoms. The summed E-state index contributed by atoms with van der Waals surface area (Å²) in [6.07, 6.45) is 0. The van der Waals surface area contributed by atoms with Gasteiger partial charge < -0.3 is 16.0 Å². The van der Waals surface area contributed by atoms with E-state index in [-0.39, 0.29) is 6.03 Å². The summed E-state index contributed by atoms with van der Waals surface area (Å²) in [7, 11) is 0. The van der Waals surface area contributed by atoms with Crippen molar-refractivity contribution in [2.24, 2.45) is 0 Å². The number of carbonyl (C=O) groups excluding carboxylic acids is 1. The molecule has 0 bridgehead atoms. The fourth-order valence-corrected chi connectivity index (χ4v) is 2.73. The van der Waals surface area contributed by atoms with Crippen molar-refractivity contribution in [3.05, 3.63) is 77.0 Å². The summed E-state index contributed by atoms with van der Waals surface area (Å²) < 4.78 is 0. The lowest BCUT2D eigenvalue weighted by molar-refractivity contribution is 0.252. The van der Waals surface area contributed by atoms with Crippen molar-refractivity contribution in [2.75, 3.05) is 10.6 Å². The largest absolute Gasteiger partial charge is 0.356 e. The van der Waals surface area contributed by atoms with Crippen LogP contribution in [0.25, 0.3) is 0 Å². The molecule has 0 aliphatic heterocycles. The van der Waals surface area contributed by atoms with Crippen LogP contribution in [0.1, 0.15) is 4.88 Å². The number of anilines is 3. The molecule has 2 amide bonds. The number of benzene rings is 2. The molecule has 3 N–H and O–H groups in total. The Bertz CT molecular complexity index is 740. The Balaban J connectivity index is 1.51. The number of nitrogens with one attached hydrogen (secondary N) is 3. The molecule has 5 heteroatoms. The predicted octanol–water partition coefficient (Wildman–Crippen LogP) is 4.81. The molecule has 116 valence electrons. The Morgan fingerprint density at radius 3 is 2.22 bits per heavy atom. The van der Waals surface area contributed by atoms with Gasteiger partial charge >= 0.3 is 6.03 Å². The minimum Gasteiger partial charge on any atom is -0.356 e. The summed E-state index contributed by atoms with van der Waals surface area (Å²) in [5.41, 5.74) is 2.76. The van der Waals surface area contributed by atoms with Crippen LogP contribution < -0.4 is 16.0 Å². The van der Waals surface area contributed by atoms with Crippen LogP contribution in [0.15, 0.2) is 72.1 Å². The molecule has 0 aliphatic rings. The van der Waals surface area contributed by atoms with Crippen LogP contribution in [0.3, 0.4) is 0 Å². The summed E-state index contributed by atoms with van der Waals surface area (Å²) in [6, 6.07) is 21.3. The first kappa shape index (κ1) is 15.1. The molecule has 3 aromatic rings. The molecule has 0 unspecified atom stereocenters. The Kier molecular flexibility index (Phi) is 4.91. The first-order valence-corrected chi connectivity index (χ1v) is 8.17. The van der Waals surface area contributed by atoms with E-state index in [1.54, 1.807) is 11.3 Å². The molecular formula is C18H17N3OS. The minimum absolute atomic E-state index is 0.206. The summed E-state index contributed by atoms with van der Waals surface area (Å²) >= 11 is 1.62. The van der Waals surface area contributed by atoms with Gasteiger partial charge in [0.2, 0.25) is 0 Å². The molecule has 1 heterocycles. The topological polar surface area (TPSA) is 53.2 Å². The highest BCUT2D eigenvalue weighted by Gasteiger charge is 2.02. The Labute approximate surface area is 139 Å². The number of hydrogen-bond acceptors (Lipinski definition) is 3. The summed E-state index contributed by atoms with van der Waals surface area (Å²) in [4.78, 5) is 13.0. The van der Waals surface area contributed by atoms with Crippen molar-refractivity contribution < 1.29 is 4.79 Å². The summed E-state index contributed by atoms with van der Waals surface area (Å²) in [5.74, 6) is 0. The van der Waals surface area contributed by atoms with Gasteiger partial charge in [-0.1, -0.05) is 24.3 Å². The average molecular weight is 323 g/mol. The predicted molar refractivity (Wildman–Crippen MR) is 96.3 cm³/mol. The van der Waals surface area contributed by atoms with Gasteiger partial charge in [0.1, 0.15) is 0 Å². The van der Waals surface area contributed by atoms with E-state index in [0.29, 0.717) is 6.54 Å². The SMILES string of the molecule is O=C(NCc1cccs1)Nc1ccc(Nc2ccccc2)cc1. The van der Waals surface area contributed by atoms with E-state index in [2.05, 4.69) is 16.0 Å². The molecule has 0 atom stereocenters. The van der Waals surface area contributed by atoms with E-state index in [9.17, 15) is 4.79 Å². The Morgan fingerprint density at radius 1 is 0.826 bits per heavy atom. The maximum Gasteiger partial charge on any atom is 0.319 e. The lowest BCUT2D eigenvalue weighted by atomic mass is 10.2. The van der Waals surface area contributed by atoms with E-state index in [1.807, 2.05) is 72.1 Å². The van der Waals surface area contributed by atoms with Gasteiger partial charge in [0.15, 0.2) is 0 Å². The van der Waals surface area contributed by atoms with E-state index in [4.69, 9.17) is 0 Å². The monoisotopic (exact) mass is 323 g/mol. The van der Waals surface area contributed by atoms with Gasteiger partial charge in [-0.15, -0.1) is 11.3 Å². The number of rotatable bonds is 5. The van der Waals surface area contributed by atoms with Gasteiger partial charge in [-0.05, 0) is 47.8 Å². The molecule has 0 spiro atoms. The zero-order chi connectivity index (χ0) is 15.9. The zero-order valence-corrected chi connectivity index (χ0v) is 13.3. The molecule has 4 nitrogen and oxygen atoms in total. The first-order valence-electron chi connectivity index (χ1n) is 7.29. The number of amides is 2. The third kappa shape index (κ3) is 4.59. The number of urea groups is 1. The standard InChI is InChI=1S/C18H17N3OS/c22-18(19-13-17-7-4-12-23-17)21-16-10-8-15(9-11-16)20-14-5-2-1-3-6-14/h1-12,20H,13H2,(H2,19,21,22). The number of carbonyl (C=O) groups is 1.